The fourth-order valence-electron chi connectivity index (χ4n) is 2.13. The van der Waals surface area contributed by atoms with Crippen LogP contribution in [0.5, 0.6) is 0 Å². The minimum absolute atomic E-state index is 0.239. The highest BCUT2D eigenvalue weighted by atomic mass is 32.3. The topological polar surface area (TPSA) is 91.8 Å². The minimum Gasteiger partial charge on any atom is -0.285 e. The number of hydrogen-bond donors (Lipinski definition) is 1. The summed E-state index contributed by atoms with van der Waals surface area (Å²) in [4.78, 5) is -0.507. The SMILES string of the molecule is O=S1(=O)c2ccccc2-c2ccccc2S(=O)(=O)N1O. The molecule has 2 aromatic carbocycles. The van der Waals surface area contributed by atoms with Crippen LogP contribution in [-0.2, 0) is 20.0 Å². The maximum absolute atomic E-state index is 12.2. The summed E-state index contributed by atoms with van der Waals surface area (Å²) in [5.41, 5.74) is 0.478. The van der Waals surface area contributed by atoms with Crippen LogP contribution in [0.15, 0.2) is 58.3 Å². The van der Waals surface area contributed by atoms with Crippen LogP contribution in [0.3, 0.4) is 0 Å². The van der Waals surface area contributed by atoms with Gasteiger partial charge in [-0.2, -0.15) is 0 Å². The fourth-order valence-corrected chi connectivity index (χ4v) is 5.39. The summed E-state index contributed by atoms with van der Waals surface area (Å²) in [7, 11) is -9.06. The third-order valence-electron chi connectivity index (χ3n) is 3.03. The average molecular weight is 311 g/mol. The molecule has 1 N–H and O–H groups in total. The van der Waals surface area contributed by atoms with E-state index in [0.717, 1.165) is 0 Å². The van der Waals surface area contributed by atoms with E-state index in [9.17, 15) is 22.0 Å². The maximum atomic E-state index is 12.2. The van der Waals surface area contributed by atoms with Gasteiger partial charge in [0.2, 0.25) is 0 Å². The van der Waals surface area contributed by atoms with E-state index in [0.29, 0.717) is 0 Å². The summed E-state index contributed by atoms with van der Waals surface area (Å²) in [6.07, 6.45) is 0. The molecule has 0 amide bonds. The van der Waals surface area contributed by atoms with Gasteiger partial charge in [0.05, 0.1) is 9.79 Å². The van der Waals surface area contributed by atoms with E-state index in [1.807, 2.05) is 0 Å². The summed E-state index contributed by atoms with van der Waals surface area (Å²) in [6.45, 7) is 0. The van der Waals surface area contributed by atoms with Crippen LogP contribution in [0, 0.1) is 0 Å². The summed E-state index contributed by atoms with van der Waals surface area (Å²) in [5.74, 6) is 0. The van der Waals surface area contributed by atoms with Crippen LogP contribution >= 0.6 is 0 Å². The third kappa shape index (κ3) is 1.63. The number of fused-ring (bicyclic) bond motifs is 3. The van der Waals surface area contributed by atoms with E-state index >= 15 is 0 Å². The molecule has 3 rings (SSSR count). The number of rotatable bonds is 0. The molecule has 1 aliphatic rings. The normalized spacial score (nSPS) is 19.6. The molecule has 0 atom stereocenters. The lowest BCUT2D eigenvalue weighted by atomic mass is 10.1. The molecular weight excluding hydrogens is 302 g/mol. The first-order valence-corrected chi connectivity index (χ1v) is 8.42. The molecule has 6 nitrogen and oxygen atoms in total. The van der Waals surface area contributed by atoms with E-state index < -0.39 is 23.9 Å². The number of nitrogens with zero attached hydrogens (tertiary/aromatic N) is 1. The van der Waals surface area contributed by atoms with Crippen molar-refractivity contribution in [3.63, 3.8) is 0 Å². The van der Waals surface area contributed by atoms with Crippen molar-refractivity contribution in [2.75, 3.05) is 0 Å². The second kappa shape index (κ2) is 4.13. The van der Waals surface area contributed by atoms with Gasteiger partial charge in [-0.15, -0.1) is 0 Å². The minimum atomic E-state index is -4.53. The van der Waals surface area contributed by atoms with Gasteiger partial charge in [0, 0.05) is 15.0 Å². The molecule has 8 heteroatoms. The maximum Gasteiger partial charge on any atom is 0.279 e. The van der Waals surface area contributed by atoms with E-state index in [1.54, 1.807) is 12.1 Å². The van der Waals surface area contributed by atoms with Crippen LogP contribution < -0.4 is 0 Å². The molecule has 1 heterocycles. The largest absolute Gasteiger partial charge is 0.285 e. The van der Waals surface area contributed by atoms with E-state index in [-0.39, 0.29) is 20.9 Å². The Balaban J connectivity index is 2.57. The average Bonchev–Trinajstić information content (AvgIpc) is 2.50. The number of hydrogen-bond acceptors (Lipinski definition) is 5. The first kappa shape index (κ1) is 13.3. The first-order chi connectivity index (χ1) is 9.37. The van der Waals surface area contributed by atoms with Crippen molar-refractivity contribution in [3.05, 3.63) is 48.5 Å². The predicted molar refractivity (Wildman–Crippen MR) is 69.9 cm³/mol. The molecule has 0 unspecified atom stereocenters. The Hall–Kier alpha value is -1.74. The molecule has 2 aromatic rings. The van der Waals surface area contributed by atoms with Gasteiger partial charge in [-0.25, -0.2) is 16.8 Å². The summed E-state index contributed by atoms with van der Waals surface area (Å²) in [6, 6.07) is 11.6. The molecule has 20 heavy (non-hydrogen) atoms. The zero-order valence-corrected chi connectivity index (χ0v) is 11.6. The highest BCUT2D eigenvalue weighted by Crippen LogP contribution is 2.39. The Morgan fingerprint density at radius 2 is 1.05 bits per heavy atom. The Bertz CT molecular complexity index is 827. The standard InChI is InChI=1S/C12H9NO5S2/c14-13-19(15,16)11-7-3-1-5-9(11)10-6-2-4-8-12(10)20(13,17)18/h1-8,14H. The molecule has 0 aromatic heterocycles. The lowest BCUT2D eigenvalue weighted by Crippen LogP contribution is -2.32. The smallest absolute Gasteiger partial charge is 0.279 e. The van der Waals surface area contributed by atoms with Gasteiger partial charge in [-0.1, -0.05) is 36.4 Å². The highest BCUT2D eigenvalue weighted by Gasteiger charge is 2.41. The Morgan fingerprint density at radius 1 is 0.700 bits per heavy atom. The molecule has 1 aliphatic heterocycles. The van der Waals surface area contributed by atoms with E-state index in [1.165, 1.54) is 36.4 Å². The third-order valence-corrected chi connectivity index (χ3v) is 6.85. The lowest BCUT2D eigenvalue weighted by molar-refractivity contribution is 0.0947. The molecule has 0 aliphatic carbocycles. The molecular formula is C12H9NO5S2. The van der Waals surface area contributed by atoms with E-state index in [4.69, 9.17) is 0 Å². The Labute approximate surface area is 116 Å². The van der Waals surface area contributed by atoms with Gasteiger partial charge in [-0.05, 0) is 12.1 Å². The van der Waals surface area contributed by atoms with Gasteiger partial charge in [0.25, 0.3) is 20.0 Å². The molecule has 0 saturated heterocycles. The second-order valence-electron chi connectivity index (χ2n) is 4.18. The van der Waals surface area contributed by atoms with Crippen molar-refractivity contribution in [1.29, 1.82) is 0 Å². The Morgan fingerprint density at radius 3 is 1.45 bits per heavy atom. The van der Waals surface area contributed by atoms with Gasteiger partial charge >= 0.3 is 0 Å². The summed E-state index contributed by atoms with van der Waals surface area (Å²) in [5, 5.41) is 9.70. The quantitative estimate of drug-likeness (QED) is 0.794. The number of sulfonamides is 2. The van der Waals surface area contributed by atoms with Gasteiger partial charge in [0.1, 0.15) is 0 Å². The van der Waals surface area contributed by atoms with Gasteiger partial charge < -0.3 is 0 Å². The van der Waals surface area contributed by atoms with Crippen molar-refractivity contribution >= 4 is 20.0 Å². The second-order valence-corrected chi connectivity index (χ2v) is 7.88. The monoisotopic (exact) mass is 311 g/mol. The Kier molecular flexibility index (Phi) is 2.73. The molecule has 0 fully saturated rings. The van der Waals surface area contributed by atoms with Crippen LogP contribution in [0.2, 0.25) is 0 Å². The van der Waals surface area contributed by atoms with Crippen molar-refractivity contribution < 1.29 is 22.0 Å². The van der Waals surface area contributed by atoms with Crippen LogP contribution in [0.1, 0.15) is 0 Å². The van der Waals surface area contributed by atoms with Gasteiger partial charge in [-0.3, -0.25) is 5.21 Å². The molecule has 0 spiro atoms. The molecule has 104 valence electrons. The summed E-state index contributed by atoms with van der Waals surface area (Å²) < 4.78 is 48.3. The van der Waals surface area contributed by atoms with Crippen LogP contribution in [0.4, 0.5) is 0 Å². The lowest BCUT2D eigenvalue weighted by Gasteiger charge is -2.12. The fraction of sp³-hybridized carbons (Fsp3) is 0. The predicted octanol–water partition coefficient (Wildman–Crippen LogP) is 1.44. The van der Waals surface area contributed by atoms with Crippen molar-refractivity contribution in [3.8, 4) is 11.1 Å². The zero-order chi connectivity index (χ0) is 14.5. The molecule has 0 bridgehead atoms. The highest BCUT2D eigenvalue weighted by molar-refractivity contribution is 8.04. The first-order valence-electron chi connectivity index (χ1n) is 5.54. The summed E-state index contributed by atoms with van der Waals surface area (Å²) >= 11 is 0. The van der Waals surface area contributed by atoms with Crippen molar-refractivity contribution in [1.82, 2.24) is 3.87 Å². The molecule has 0 radical (unpaired) electrons. The van der Waals surface area contributed by atoms with Crippen LogP contribution in [-0.4, -0.2) is 25.9 Å². The zero-order valence-electron chi connectivity index (χ0n) is 9.96. The van der Waals surface area contributed by atoms with E-state index in [2.05, 4.69) is 0 Å². The van der Waals surface area contributed by atoms with Gasteiger partial charge in [0.15, 0.2) is 0 Å². The molecule has 0 saturated carbocycles. The van der Waals surface area contributed by atoms with Crippen molar-refractivity contribution in [2.45, 2.75) is 9.79 Å². The van der Waals surface area contributed by atoms with Crippen LogP contribution in [0.25, 0.3) is 11.1 Å². The number of benzene rings is 2. The van der Waals surface area contributed by atoms with Crippen molar-refractivity contribution in [2.24, 2.45) is 0 Å².